The molecular weight excluding hydrogens is 555 g/mol. The number of amides is 1. The molecule has 4 aromatic rings. The van der Waals surface area contributed by atoms with Gasteiger partial charge < -0.3 is 14.8 Å². The first-order chi connectivity index (χ1) is 18.3. The number of fused-ring (bicyclic) bond motifs is 1. The van der Waals surface area contributed by atoms with Crippen LogP contribution in [0.4, 0.5) is 10.1 Å². The van der Waals surface area contributed by atoms with Crippen molar-refractivity contribution in [2.24, 2.45) is 5.10 Å². The maximum Gasteiger partial charge on any atom is 0.282 e. The quantitative estimate of drug-likeness (QED) is 0.216. The van der Waals surface area contributed by atoms with Crippen molar-refractivity contribution in [3.05, 3.63) is 105 Å². The second-order valence-electron chi connectivity index (χ2n) is 8.23. The van der Waals surface area contributed by atoms with Crippen LogP contribution in [0.25, 0.3) is 10.9 Å². The fourth-order valence-electron chi connectivity index (χ4n) is 3.77. The van der Waals surface area contributed by atoms with E-state index in [1.165, 1.54) is 42.3 Å². The van der Waals surface area contributed by atoms with E-state index in [0.29, 0.717) is 51.5 Å². The number of nitrogens with zero attached hydrogens (tertiary/aromatic N) is 3. The van der Waals surface area contributed by atoms with E-state index in [1.807, 2.05) is 12.1 Å². The summed E-state index contributed by atoms with van der Waals surface area (Å²) in [7, 11) is 1.49. The molecule has 0 bridgehead atoms. The van der Waals surface area contributed by atoms with Gasteiger partial charge in [-0.2, -0.15) is 9.78 Å². The number of carbonyl (C=O) groups is 1. The summed E-state index contributed by atoms with van der Waals surface area (Å²) in [4.78, 5) is 29.9. The van der Waals surface area contributed by atoms with Crippen LogP contribution in [0, 0.1) is 12.7 Å². The number of carbonyl (C=O) groups excluding carboxylic acids is 1. The van der Waals surface area contributed by atoms with E-state index in [0.717, 1.165) is 4.47 Å². The molecule has 0 spiro atoms. The molecule has 38 heavy (non-hydrogen) atoms. The number of halogens is 2. The van der Waals surface area contributed by atoms with Gasteiger partial charge in [-0.15, -0.1) is 6.58 Å². The summed E-state index contributed by atoms with van der Waals surface area (Å²) in [6, 6.07) is 14.2. The largest absolute Gasteiger partial charge is 0.493 e. The van der Waals surface area contributed by atoms with Gasteiger partial charge in [0, 0.05) is 15.7 Å². The predicted molar refractivity (Wildman–Crippen MR) is 149 cm³/mol. The summed E-state index contributed by atoms with van der Waals surface area (Å²) in [6.07, 6.45) is 3.65. The Hall–Kier alpha value is -4.31. The lowest BCUT2D eigenvalue weighted by atomic mass is 10.1. The first-order valence-corrected chi connectivity index (χ1v) is 12.3. The Morgan fingerprint density at radius 2 is 1.97 bits per heavy atom. The van der Waals surface area contributed by atoms with Gasteiger partial charge in [0.25, 0.3) is 11.5 Å². The molecule has 1 heterocycles. The number of hydrogen-bond donors (Lipinski definition) is 1. The molecule has 0 atom stereocenters. The van der Waals surface area contributed by atoms with Gasteiger partial charge in [-0.25, -0.2) is 9.37 Å². The number of hydrogen-bond acceptors (Lipinski definition) is 6. The molecule has 0 aliphatic rings. The molecule has 3 aromatic carbocycles. The first kappa shape index (κ1) is 26.7. The van der Waals surface area contributed by atoms with Crippen molar-refractivity contribution < 1.29 is 18.7 Å². The normalized spacial score (nSPS) is 11.1. The zero-order chi connectivity index (χ0) is 27.2. The summed E-state index contributed by atoms with van der Waals surface area (Å²) in [5.74, 6) is 0.381. The zero-order valence-corrected chi connectivity index (χ0v) is 22.3. The van der Waals surface area contributed by atoms with E-state index >= 15 is 0 Å². The number of allylic oxidation sites excluding steroid dienone is 1. The van der Waals surface area contributed by atoms with E-state index in [1.54, 1.807) is 31.2 Å². The molecular formula is C28H24BrFN4O4. The maximum atomic E-state index is 13.1. The van der Waals surface area contributed by atoms with Crippen LogP contribution in [0.3, 0.4) is 0 Å². The molecule has 1 amide bonds. The highest BCUT2D eigenvalue weighted by Crippen LogP contribution is 2.33. The third-order valence-electron chi connectivity index (χ3n) is 5.51. The van der Waals surface area contributed by atoms with Gasteiger partial charge in [0.15, 0.2) is 18.1 Å². The van der Waals surface area contributed by atoms with Gasteiger partial charge in [-0.1, -0.05) is 22.0 Å². The molecule has 0 fully saturated rings. The van der Waals surface area contributed by atoms with Crippen LogP contribution < -0.4 is 20.3 Å². The zero-order valence-electron chi connectivity index (χ0n) is 20.7. The molecule has 0 aliphatic heterocycles. The van der Waals surface area contributed by atoms with Crippen LogP contribution in [0.5, 0.6) is 11.5 Å². The highest BCUT2D eigenvalue weighted by atomic mass is 79.9. The minimum absolute atomic E-state index is 0.293. The Morgan fingerprint density at radius 1 is 1.21 bits per heavy atom. The summed E-state index contributed by atoms with van der Waals surface area (Å²) in [6.45, 7) is 5.21. The average molecular weight is 579 g/mol. The standard InChI is InChI=1S/C28H24BrFN4O4/c1-4-5-19-12-18(15-31-34-17(2)32-24-11-6-20(29)14-23(24)28(34)36)13-25(37-3)27(19)38-16-26(35)33-22-9-7-21(30)8-10-22/h4,6-15H,1,5,16H2,2-3H3,(H,33,35). The Labute approximate surface area is 226 Å². The number of rotatable bonds is 9. The molecule has 0 saturated carbocycles. The lowest BCUT2D eigenvalue weighted by Gasteiger charge is -2.15. The molecule has 8 nitrogen and oxygen atoms in total. The third kappa shape index (κ3) is 6.15. The molecule has 1 N–H and O–H groups in total. The number of aromatic nitrogens is 2. The lowest BCUT2D eigenvalue weighted by Crippen LogP contribution is -2.21. The van der Waals surface area contributed by atoms with Crippen molar-refractivity contribution in [3.63, 3.8) is 0 Å². The SMILES string of the molecule is C=CCc1cc(C=Nn2c(C)nc3ccc(Br)cc3c2=O)cc(OC)c1OCC(=O)Nc1ccc(F)cc1. The highest BCUT2D eigenvalue weighted by Gasteiger charge is 2.15. The molecule has 0 aliphatic carbocycles. The Bertz CT molecular complexity index is 1600. The van der Waals surface area contributed by atoms with Crippen molar-refractivity contribution >= 4 is 44.6 Å². The number of aryl methyl sites for hydroxylation is 1. The number of ether oxygens (including phenoxy) is 2. The number of benzene rings is 3. The van der Waals surface area contributed by atoms with Crippen molar-refractivity contribution in [1.29, 1.82) is 0 Å². The average Bonchev–Trinajstić information content (AvgIpc) is 2.89. The summed E-state index contributed by atoms with van der Waals surface area (Å²) in [5.41, 5.74) is 2.09. The predicted octanol–water partition coefficient (Wildman–Crippen LogP) is 5.24. The van der Waals surface area contributed by atoms with Crippen molar-refractivity contribution in [1.82, 2.24) is 9.66 Å². The Kier molecular flexibility index (Phi) is 8.32. The van der Waals surface area contributed by atoms with E-state index in [-0.39, 0.29) is 12.2 Å². The fraction of sp³-hybridized carbons (Fsp3) is 0.143. The summed E-state index contributed by atoms with van der Waals surface area (Å²) in [5, 5.41) is 7.47. The second-order valence-corrected chi connectivity index (χ2v) is 9.15. The van der Waals surface area contributed by atoms with Gasteiger partial charge in [-0.3, -0.25) is 9.59 Å². The van der Waals surface area contributed by atoms with E-state index in [9.17, 15) is 14.0 Å². The van der Waals surface area contributed by atoms with Crippen molar-refractivity contribution in [3.8, 4) is 11.5 Å². The van der Waals surface area contributed by atoms with Gasteiger partial charge >= 0.3 is 0 Å². The molecule has 1 aromatic heterocycles. The van der Waals surface area contributed by atoms with Crippen LogP contribution in [0.1, 0.15) is 17.0 Å². The molecule has 0 unspecified atom stereocenters. The number of methoxy groups -OCH3 is 1. The van der Waals surface area contributed by atoms with Gasteiger partial charge in [-0.05, 0) is 73.5 Å². The van der Waals surface area contributed by atoms with Crippen molar-refractivity contribution in [2.75, 3.05) is 19.0 Å². The summed E-state index contributed by atoms with van der Waals surface area (Å²) >= 11 is 3.38. The molecule has 0 radical (unpaired) electrons. The van der Waals surface area contributed by atoms with Crippen LogP contribution >= 0.6 is 15.9 Å². The topological polar surface area (TPSA) is 94.8 Å². The van der Waals surface area contributed by atoms with Crippen LogP contribution in [-0.4, -0.2) is 35.5 Å². The maximum absolute atomic E-state index is 13.1. The molecule has 10 heteroatoms. The Morgan fingerprint density at radius 3 is 2.68 bits per heavy atom. The van der Waals surface area contributed by atoms with E-state index in [4.69, 9.17) is 9.47 Å². The lowest BCUT2D eigenvalue weighted by molar-refractivity contribution is -0.118. The van der Waals surface area contributed by atoms with E-state index in [2.05, 4.69) is 37.9 Å². The first-order valence-electron chi connectivity index (χ1n) is 11.5. The van der Waals surface area contributed by atoms with Gasteiger partial charge in [0.1, 0.15) is 11.6 Å². The third-order valence-corrected chi connectivity index (χ3v) is 6.00. The van der Waals surface area contributed by atoms with Gasteiger partial charge in [0.2, 0.25) is 0 Å². The van der Waals surface area contributed by atoms with Crippen molar-refractivity contribution in [2.45, 2.75) is 13.3 Å². The smallest absolute Gasteiger partial charge is 0.282 e. The second kappa shape index (κ2) is 11.8. The number of anilines is 1. The highest BCUT2D eigenvalue weighted by molar-refractivity contribution is 9.10. The monoisotopic (exact) mass is 578 g/mol. The van der Waals surface area contributed by atoms with E-state index < -0.39 is 11.7 Å². The minimum Gasteiger partial charge on any atom is -0.493 e. The molecule has 0 saturated heterocycles. The van der Waals surface area contributed by atoms with Gasteiger partial charge in [0.05, 0.1) is 24.2 Å². The number of nitrogens with one attached hydrogen (secondary N) is 1. The minimum atomic E-state index is -0.417. The summed E-state index contributed by atoms with van der Waals surface area (Å²) < 4.78 is 26.4. The van der Waals surface area contributed by atoms with Crippen LogP contribution in [-0.2, 0) is 11.2 Å². The molecule has 4 rings (SSSR count). The Balaban J connectivity index is 1.60. The molecule has 194 valence electrons. The van der Waals surface area contributed by atoms with Crippen LogP contribution in [0.15, 0.2) is 81.6 Å². The fourth-order valence-corrected chi connectivity index (χ4v) is 4.13. The van der Waals surface area contributed by atoms with Crippen LogP contribution in [0.2, 0.25) is 0 Å².